The van der Waals surface area contributed by atoms with E-state index >= 15 is 0 Å². The summed E-state index contributed by atoms with van der Waals surface area (Å²) in [5, 5.41) is 0. The van der Waals surface area contributed by atoms with Crippen LogP contribution in [0.5, 0.6) is 5.75 Å². The van der Waals surface area contributed by atoms with Gasteiger partial charge in [0.15, 0.2) is 0 Å². The Morgan fingerprint density at radius 2 is 1.46 bits per heavy atom. The van der Waals surface area contributed by atoms with Crippen LogP contribution < -0.4 is 4.74 Å². The lowest BCUT2D eigenvalue weighted by molar-refractivity contribution is 0.221. The third kappa shape index (κ3) is 5.90. The first-order valence-corrected chi connectivity index (χ1v) is 10.5. The zero-order valence-corrected chi connectivity index (χ0v) is 16.3. The van der Waals surface area contributed by atoms with Gasteiger partial charge in [-0.3, -0.25) is 0 Å². The molecule has 1 nitrogen and oxygen atoms in total. The predicted octanol–water partition coefficient (Wildman–Crippen LogP) is 7.25. The van der Waals surface area contributed by atoms with Crippen LogP contribution in [-0.4, -0.2) is 6.61 Å². The van der Waals surface area contributed by atoms with Gasteiger partial charge < -0.3 is 4.74 Å². The Hall–Kier alpha value is -1.76. The Bertz CT molecular complexity index is 620. The minimum Gasteiger partial charge on any atom is -0.493 e. The average molecular weight is 350 g/mol. The van der Waals surface area contributed by atoms with Gasteiger partial charge in [-0.15, -0.1) is 0 Å². The van der Waals surface area contributed by atoms with E-state index < -0.39 is 0 Å². The van der Waals surface area contributed by atoms with Gasteiger partial charge in [0, 0.05) is 0 Å². The van der Waals surface area contributed by atoms with Crippen LogP contribution in [0.4, 0.5) is 0 Å². The molecule has 0 bridgehead atoms. The number of aryl methyl sites for hydroxylation is 1. The average Bonchev–Trinajstić information content (AvgIpc) is 2.71. The van der Waals surface area contributed by atoms with Crippen LogP contribution in [0.2, 0.25) is 0 Å². The van der Waals surface area contributed by atoms with E-state index in [9.17, 15) is 0 Å². The Balaban J connectivity index is 1.49. The molecule has 0 N–H and O–H groups in total. The maximum Gasteiger partial charge on any atom is 0.119 e. The van der Waals surface area contributed by atoms with Gasteiger partial charge in [-0.25, -0.2) is 0 Å². The molecule has 139 valence electrons. The molecule has 0 aromatic heterocycles. The van der Waals surface area contributed by atoms with Crippen molar-refractivity contribution >= 4 is 0 Å². The Morgan fingerprint density at radius 1 is 0.808 bits per heavy atom. The number of benzene rings is 2. The molecule has 0 amide bonds. The number of unbranched alkanes of at least 4 members (excludes halogenated alkanes) is 3. The SMILES string of the molecule is CCCCCCc1ccc(-c2ccc(OCC3CC[CH]CC3)cc2)cc1. The molecule has 1 aliphatic carbocycles. The fourth-order valence-electron chi connectivity index (χ4n) is 3.74. The Morgan fingerprint density at radius 3 is 2.12 bits per heavy atom. The van der Waals surface area contributed by atoms with E-state index in [4.69, 9.17) is 4.74 Å². The van der Waals surface area contributed by atoms with Crippen molar-refractivity contribution in [3.63, 3.8) is 0 Å². The minimum atomic E-state index is 0.726. The molecular formula is C25H33O. The van der Waals surface area contributed by atoms with Crippen molar-refractivity contribution in [1.82, 2.24) is 0 Å². The second-order valence-electron chi connectivity index (χ2n) is 7.65. The van der Waals surface area contributed by atoms with Crippen molar-refractivity contribution in [3.8, 4) is 16.9 Å². The molecule has 2 aromatic carbocycles. The van der Waals surface area contributed by atoms with Crippen molar-refractivity contribution in [2.24, 2.45) is 5.92 Å². The summed E-state index contributed by atoms with van der Waals surface area (Å²) in [6.45, 7) is 3.12. The molecule has 1 fully saturated rings. The fourth-order valence-corrected chi connectivity index (χ4v) is 3.74. The predicted molar refractivity (Wildman–Crippen MR) is 111 cm³/mol. The zero-order chi connectivity index (χ0) is 18.0. The number of hydrogen-bond donors (Lipinski definition) is 0. The van der Waals surface area contributed by atoms with Crippen LogP contribution in [0.15, 0.2) is 48.5 Å². The number of hydrogen-bond acceptors (Lipinski definition) is 1. The Kier molecular flexibility index (Phi) is 7.61. The quantitative estimate of drug-likeness (QED) is 0.433. The van der Waals surface area contributed by atoms with Crippen LogP contribution in [0.1, 0.15) is 63.9 Å². The lowest BCUT2D eigenvalue weighted by Crippen LogP contribution is -2.15. The molecule has 0 unspecified atom stereocenters. The van der Waals surface area contributed by atoms with Crippen LogP contribution in [0.3, 0.4) is 0 Å². The highest BCUT2D eigenvalue weighted by Crippen LogP contribution is 2.26. The molecule has 0 spiro atoms. The van der Waals surface area contributed by atoms with Crippen molar-refractivity contribution in [3.05, 3.63) is 60.5 Å². The number of rotatable bonds is 9. The van der Waals surface area contributed by atoms with Crippen LogP contribution in [0, 0.1) is 12.3 Å². The van der Waals surface area contributed by atoms with Crippen molar-refractivity contribution in [2.75, 3.05) is 6.61 Å². The summed E-state index contributed by atoms with van der Waals surface area (Å²) in [4.78, 5) is 0. The smallest absolute Gasteiger partial charge is 0.119 e. The van der Waals surface area contributed by atoms with Crippen molar-refractivity contribution < 1.29 is 4.74 Å². The van der Waals surface area contributed by atoms with Gasteiger partial charge in [-0.2, -0.15) is 0 Å². The van der Waals surface area contributed by atoms with Crippen LogP contribution in [0.25, 0.3) is 11.1 Å². The summed E-state index contributed by atoms with van der Waals surface area (Å²) in [6, 6.07) is 17.7. The highest BCUT2D eigenvalue weighted by atomic mass is 16.5. The lowest BCUT2D eigenvalue weighted by Gasteiger charge is -2.21. The first-order chi connectivity index (χ1) is 12.8. The van der Waals surface area contributed by atoms with E-state index in [1.54, 1.807) is 0 Å². The van der Waals surface area contributed by atoms with Gasteiger partial charge in [0.1, 0.15) is 5.75 Å². The molecule has 26 heavy (non-hydrogen) atoms. The summed E-state index contributed by atoms with van der Waals surface area (Å²) in [5.74, 6) is 1.72. The fraction of sp³-hybridized carbons (Fsp3) is 0.480. The third-order valence-corrected chi connectivity index (χ3v) is 5.50. The zero-order valence-electron chi connectivity index (χ0n) is 16.3. The van der Waals surface area contributed by atoms with Crippen molar-refractivity contribution in [2.45, 2.75) is 64.7 Å². The summed E-state index contributed by atoms with van der Waals surface area (Å²) < 4.78 is 6.01. The number of ether oxygens (including phenoxy) is 1. The monoisotopic (exact) mass is 349 g/mol. The van der Waals surface area contributed by atoms with Crippen molar-refractivity contribution in [1.29, 1.82) is 0 Å². The van der Waals surface area contributed by atoms with E-state index in [2.05, 4.69) is 61.9 Å². The molecule has 2 aromatic rings. The summed E-state index contributed by atoms with van der Waals surface area (Å²) in [6.07, 6.45) is 14.0. The first-order valence-electron chi connectivity index (χ1n) is 10.5. The standard InChI is InChI=1S/C25H33O/c1-2-3-4-6-9-21-12-14-23(15-13-21)24-16-18-25(19-17-24)26-20-22-10-7-5-8-11-22/h5,12-19,22H,2-4,6-11,20H2,1H3. The van der Waals surface area contributed by atoms with Gasteiger partial charge in [-0.1, -0.05) is 62.6 Å². The van der Waals surface area contributed by atoms with Gasteiger partial charge in [-0.05, 0) is 79.7 Å². The second kappa shape index (κ2) is 10.4. The molecule has 3 rings (SSSR count). The Labute approximate surface area is 159 Å². The second-order valence-corrected chi connectivity index (χ2v) is 7.65. The third-order valence-electron chi connectivity index (χ3n) is 5.50. The van der Waals surface area contributed by atoms with Gasteiger partial charge in [0.25, 0.3) is 0 Å². The maximum absolute atomic E-state index is 6.01. The van der Waals surface area contributed by atoms with Gasteiger partial charge in [0.05, 0.1) is 6.61 Å². The maximum atomic E-state index is 6.01. The molecular weight excluding hydrogens is 316 g/mol. The van der Waals surface area contributed by atoms with E-state index in [1.807, 2.05) is 0 Å². The van der Waals surface area contributed by atoms with E-state index in [0.717, 1.165) is 18.3 Å². The summed E-state index contributed by atoms with van der Waals surface area (Å²) >= 11 is 0. The molecule has 1 aliphatic rings. The molecule has 1 radical (unpaired) electrons. The molecule has 0 aliphatic heterocycles. The first kappa shape index (κ1) is 19.0. The van der Waals surface area contributed by atoms with E-state index in [1.165, 1.54) is 74.5 Å². The molecule has 1 heteroatoms. The minimum absolute atomic E-state index is 0.726. The molecule has 0 heterocycles. The highest BCUT2D eigenvalue weighted by molar-refractivity contribution is 5.64. The molecule has 1 saturated carbocycles. The van der Waals surface area contributed by atoms with Crippen LogP contribution >= 0.6 is 0 Å². The van der Waals surface area contributed by atoms with Gasteiger partial charge in [0.2, 0.25) is 0 Å². The topological polar surface area (TPSA) is 9.23 Å². The lowest BCUT2D eigenvalue weighted by atomic mass is 9.90. The largest absolute Gasteiger partial charge is 0.493 e. The van der Waals surface area contributed by atoms with E-state index in [-0.39, 0.29) is 0 Å². The van der Waals surface area contributed by atoms with Crippen LogP contribution in [-0.2, 0) is 6.42 Å². The molecule has 0 atom stereocenters. The van der Waals surface area contributed by atoms with E-state index in [0.29, 0.717) is 0 Å². The normalized spacial score (nSPS) is 15.1. The molecule has 0 saturated heterocycles. The highest BCUT2D eigenvalue weighted by Gasteiger charge is 2.14. The summed E-state index contributed by atoms with van der Waals surface area (Å²) in [5.41, 5.74) is 4.01. The summed E-state index contributed by atoms with van der Waals surface area (Å²) in [7, 11) is 0. The van der Waals surface area contributed by atoms with Gasteiger partial charge >= 0.3 is 0 Å².